The summed E-state index contributed by atoms with van der Waals surface area (Å²) in [6.07, 6.45) is 0.00156. The van der Waals surface area contributed by atoms with Crippen LogP contribution in [0.3, 0.4) is 0 Å². The second-order valence-electron chi connectivity index (χ2n) is 6.73. The Morgan fingerprint density at radius 2 is 1.64 bits per heavy atom. The molecule has 0 saturated carbocycles. The Morgan fingerprint density at radius 3 is 2.29 bits per heavy atom. The molecule has 0 saturated heterocycles. The summed E-state index contributed by atoms with van der Waals surface area (Å²) in [5, 5.41) is 4.84. The van der Waals surface area contributed by atoms with Crippen molar-refractivity contribution in [2.45, 2.75) is 13.3 Å². The monoisotopic (exact) mass is 392 g/mol. The maximum absolute atomic E-state index is 12.8. The van der Waals surface area contributed by atoms with Gasteiger partial charge in [0.2, 0.25) is 5.91 Å². The normalized spacial score (nSPS) is 13.1. The summed E-state index contributed by atoms with van der Waals surface area (Å²) < 4.78 is 0. The number of rotatable bonds is 4. The number of aryl methyl sites for hydroxylation is 1. The van der Waals surface area contributed by atoms with E-state index in [0.29, 0.717) is 27.2 Å². The van der Waals surface area contributed by atoms with Gasteiger partial charge in [-0.15, -0.1) is 0 Å². The van der Waals surface area contributed by atoms with Crippen LogP contribution in [-0.2, 0) is 4.79 Å². The van der Waals surface area contributed by atoms with Crippen molar-refractivity contribution >= 4 is 45.8 Å². The van der Waals surface area contributed by atoms with Crippen LogP contribution in [0.2, 0.25) is 5.02 Å². The van der Waals surface area contributed by atoms with E-state index in [-0.39, 0.29) is 30.7 Å². The Labute approximate surface area is 166 Å². The second-order valence-corrected chi connectivity index (χ2v) is 7.17. The summed E-state index contributed by atoms with van der Waals surface area (Å²) in [4.78, 5) is 39.2. The van der Waals surface area contributed by atoms with E-state index < -0.39 is 0 Å². The quantitative estimate of drug-likeness (QED) is 0.668. The van der Waals surface area contributed by atoms with Gasteiger partial charge in [0.05, 0.1) is 0 Å². The van der Waals surface area contributed by atoms with E-state index in [0.717, 1.165) is 15.8 Å². The molecule has 3 aromatic rings. The van der Waals surface area contributed by atoms with Gasteiger partial charge in [0.1, 0.15) is 0 Å². The van der Waals surface area contributed by atoms with E-state index in [1.165, 1.54) is 0 Å². The number of carbonyl (C=O) groups excluding carboxylic acids is 3. The summed E-state index contributed by atoms with van der Waals surface area (Å²) >= 11 is 5.97. The van der Waals surface area contributed by atoms with Crippen molar-refractivity contribution in [3.8, 4) is 0 Å². The molecule has 0 fully saturated rings. The minimum Gasteiger partial charge on any atom is -0.326 e. The number of amides is 3. The number of nitrogens with one attached hydrogen (secondary N) is 1. The van der Waals surface area contributed by atoms with Gasteiger partial charge in [-0.1, -0.05) is 41.9 Å². The maximum atomic E-state index is 12.8. The first-order valence-corrected chi connectivity index (χ1v) is 9.27. The summed E-state index contributed by atoms with van der Waals surface area (Å²) in [6.45, 7) is 1.87. The number of nitrogens with zero attached hydrogens (tertiary/aromatic N) is 1. The van der Waals surface area contributed by atoms with E-state index in [4.69, 9.17) is 11.6 Å². The van der Waals surface area contributed by atoms with Gasteiger partial charge < -0.3 is 5.32 Å². The van der Waals surface area contributed by atoms with Crippen LogP contribution < -0.4 is 5.32 Å². The van der Waals surface area contributed by atoms with Crippen molar-refractivity contribution in [3.05, 3.63) is 76.3 Å². The molecule has 3 aromatic carbocycles. The predicted octanol–water partition coefficient (Wildman–Crippen LogP) is 4.43. The molecule has 0 atom stereocenters. The van der Waals surface area contributed by atoms with Crippen LogP contribution in [0.15, 0.2) is 54.6 Å². The molecule has 6 heteroatoms. The van der Waals surface area contributed by atoms with Gasteiger partial charge >= 0.3 is 0 Å². The van der Waals surface area contributed by atoms with Crippen molar-refractivity contribution in [1.29, 1.82) is 0 Å². The Balaban J connectivity index is 1.53. The van der Waals surface area contributed by atoms with Crippen LogP contribution in [0.1, 0.15) is 32.7 Å². The summed E-state index contributed by atoms with van der Waals surface area (Å²) in [7, 11) is 0. The number of hydrogen-bond acceptors (Lipinski definition) is 3. The van der Waals surface area contributed by atoms with Crippen LogP contribution >= 0.6 is 11.6 Å². The van der Waals surface area contributed by atoms with Gasteiger partial charge in [-0.3, -0.25) is 19.3 Å². The molecule has 0 bridgehead atoms. The Kier molecular flexibility index (Phi) is 4.61. The lowest BCUT2D eigenvalue weighted by Gasteiger charge is -2.27. The number of anilines is 1. The summed E-state index contributed by atoms with van der Waals surface area (Å²) in [6, 6.07) is 16.0. The molecule has 140 valence electrons. The summed E-state index contributed by atoms with van der Waals surface area (Å²) in [5.41, 5.74) is 2.46. The Morgan fingerprint density at radius 1 is 1.00 bits per heavy atom. The smallest absolute Gasteiger partial charge is 0.261 e. The molecule has 0 unspecified atom stereocenters. The number of hydrogen-bond donors (Lipinski definition) is 1. The van der Waals surface area contributed by atoms with Gasteiger partial charge in [-0.05, 0) is 42.1 Å². The molecule has 1 N–H and O–H groups in total. The van der Waals surface area contributed by atoms with E-state index in [9.17, 15) is 14.4 Å². The topological polar surface area (TPSA) is 66.5 Å². The molecular weight excluding hydrogens is 376 g/mol. The Bertz CT molecular complexity index is 1090. The first kappa shape index (κ1) is 18.2. The van der Waals surface area contributed by atoms with Gasteiger partial charge in [0, 0.05) is 40.2 Å². The van der Waals surface area contributed by atoms with Gasteiger partial charge in [0.25, 0.3) is 11.8 Å². The number of benzene rings is 3. The lowest BCUT2D eigenvalue weighted by Crippen LogP contribution is -2.41. The average Bonchev–Trinajstić information content (AvgIpc) is 2.68. The van der Waals surface area contributed by atoms with E-state index in [1.54, 1.807) is 36.4 Å². The maximum Gasteiger partial charge on any atom is 0.261 e. The zero-order valence-electron chi connectivity index (χ0n) is 15.2. The molecule has 0 aromatic heterocycles. The highest BCUT2D eigenvalue weighted by Crippen LogP contribution is 2.30. The molecule has 1 heterocycles. The van der Waals surface area contributed by atoms with Crippen molar-refractivity contribution in [2.24, 2.45) is 0 Å². The predicted molar refractivity (Wildman–Crippen MR) is 109 cm³/mol. The van der Waals surface area contributed by atoms with Crippen LogP contribution in [0.4, 0.5) is 5.69 Å². The minimum absolute atomic E-state index is 0.00156. The van der Waals surface area contributed by atoms with Gasteiger partial charge in [-0.25, -0.2) is 0 Å². The molecule has 4 rings (SSSR count). The van der Waals surface area contributed by atoms with Crippen molar-refractivity contribution in [2.75, 3.05) is 11.9 Å². The van der Waals surface area contributed by atoms with Crippen LogP contribution in [-0.4, -0.2) is 29.2 Å². The highest BCUT2D eigenvalue weighted by atomic mass is 35.5. The van der Waals surface area contributed by atoms with E-state index in [1.807, 2.05) is 25.1 Å². The number of halogens is 1. The first-order valence-electron chi connectivity index (χ1n) is 8.89. The standard InChI is InChI=1S/C22H17ClN2O3/c1-13-8-9-15(23)12-18(13)24-19(26)10-11-25-21(27)16-6-2-4-14-5-3-7-17(20(14)16)22(25)28/h2-9,12H,10-11H2,1H3,(H,24,26). The highest BCUT2D eigenvalue weighted by molar-refractivity contribution is 6.31. The Hall–Kier alpha value is -3.18. The molecule has 28 heavy (non-hydrogen) atoms. The molecule has 5 nitrogen and oxygen atoms in total. The van der Waals surface area contributed by atoms with E-state index in [2.05, 4.69) is 5.32 Å². The molecular formula is C22H17ClN2O3. The molecule has 1 aliphatic heterocycles. The third-order valence-corrected chi connectivity index (χ3v) is 5.13. The second kappa shape index (κ2) is 7.09. The third kappa shape index (κ3) is 3.14. The fraction of sp³-hybridized carbons (Fsp3) is 0.136. The minimum atomic E-state index is -0.374. The van der Waals surface area contributed by atoms with Crippen molar-refractivity contribution in [1.82, 2.24) is 4.90 Å². The molecule has 0 radical (unpaired) electrons. The lowest BCUT2D eigenvalue weighted by molar-refractivity contribution is -0.116. The molecule has 0 aliphatic carbocycles. The number of imide groups is 1. The van der Waals surface area contributed by atoms with Crippen LogP contribution in [0.5, 0.6) is 0 Å². The zero-order chi connectivity index (χ0) is 19.8. The third-order valence-electron chi connectivity index (χ3n) is 4.89. The largest absolute Gasteiger partial charge is 0.326 e. The van der Waals surface area contributed by atoms with Crippen LogP contribution in [0, 0.1) is 6.92 Å². The molecule has 3 amide bonds. The average molecular weight is 393 g/mol. The highest BCUT2D eigenvalue weighted by Gasteiger charge is 2.32. The SMILES string of the molecule is Cc1ccc(Cl)cc1NC(=O)CCN1C(=O)c2cccc3cccc(c23)C1=O. The molecule has 1 aliphatic rings. The van der Waals surface area contributed by atoms with Gasteiger partial charge in [-0.2, -0.15) is 0 Å². The molecule has 0 spiro atoms. The van der Waals surface area contributed by atoms with Crippen LogP contribution in [0.25, 0.3) is 10.8 Å². The van der Waals surface area contributed by atoms with E-state index >= 15 is 0 Å². The van der Waals surface area contributed by atoms with Gasteiger partial charge in [0.15, 0.2) is 0 Å². The van der Waals surface area contributed by atoms with Crippen molar-refractivity contribution in [3.63, 3.8) is 0 Å². The fourth-order valence-corrected chi connectivity index (χ4v) is 3.61. The fourth-order valence-electron chi connectivity index (χ4n) is 3.44. The summed E-state index contributed by atoms with van der Waals surface area (Å²) in [5.74, 6) is -1.04. The first-order chi connectivity index (χ1) is 13.5. The lowest BCUT2D eigenvalue weighted by atomic mass is 9.94. The van der Waals surface area contributed by atoms with Crippen molar-refractivity contribution < 1.29 is 14.4 Å². The number of carbonyl (C=O) groups is 3. The zero-order valence-corrected chi connectivity index (χ0v) is 15.9.